The van der Waals surface area contributed by atoms with Gasteiger partial charge in [-0.1, -0.05) is 85.0 Å². The molecule has 5 unspecified atom stereocenters. The van der Waals surface area contributed by atoms with Gasteiger partial charge in [0.2, 0.25) is 0 Å². The standard InChI is InChI=1S/C54H45N3OS/c1-2-12-34(13-3-1)55(37-27-31-52-45(33-37)41-16-7-11-21-51(41)59-52)35-22-24-36(25-23-35)56-46-18-8-4-14-39(46)44-32-38(26-29-48(44)56)57-47-19-9-5-17-43(47)53-49(57)30-28-42-40-15-6-10-20-50(40)58-54(42)53/h1-3,6-9,11-13,15-16,18-19,21-22,24-33,35,42-43,47,54H,4-5,10,14,17,20,23H2. The third-order valence-electron chi connectivity index (χ3n) is 14.1. The van der Waals surface area contributed by atoms with Crippen molar-refractivity contribution in [3.8, 4) is 0 Å². The second kappa shape index (κ2) is 13.2. The van der Waals surface area contributed by atoms with E-state index >= 15 is 0 Å². The fourth-order valence-corrected chi connectivity index (χ4v) is 12.6. The van der Waals surface area contributed by atoms with Gasteiger partial charge in [0.1, 0.15) is 11.9 Å². The Morgan fingerprint density at radius 1 is 0.695 bits per heavy atom. The second-order valence-electron chi connectivity index (χ2n) is 17.2. The summed E-state index contributed by atoms with van der Waals surface area (Å²) >= 11 is 1.88. The van der Waals surface area contributed by atoms with E-state index in [9.17, 15) is 0 Å². The van der Waals surface area contributed by atoms with Gasteiger partial charge in [0.25, 0.3) is 0 Å². The zero-order valence-corrected chi connectivity index (χ0v) is 33.8. The molecule has 5 heteroatoms. The predicted octanol–water partition coefficient (Wildman–Crippen LogP) is 13.6. The molecule has 2 aliphatic heterocycles. The molecule has 6 aromatic rings. The molecule has 2 aromatic heterocycles. The zero-order chi connectivity index (χ0) is 38.6. The lowest BCUT2D eigenvalue weighted by atomic mass is 9.77. The van der Waals surface area contributed by atoms with Crippen LogP contribution in [0.15, 0.2) is 174 Å². The number of aryl methyl sites for hydroxylation is 1. The van der Waals surface area contributed by atoms with E-state index in [1.807, 2.05) is 11.3 Å². The Balaban J connectivity index is 0.867. The highest BCUT2D eigenvalue weighted by atomic mass is 32.1. The first kappa shape index (κ1) is 33.9. The predicted molar refractivity (Wildman–Crippen MR) is 247 cm³/mol. The molecular weight excluding hydrogens is 739 g/mol. The van der Waals surface area contributed by atoms with E-state index in [0.29, 0.717) is 17.9 Å². The molecule has 0 saturated heterocycles. The Morgan fingerprint density at radius 3 is 2.51 bits per heavy atom. The monoisotopic (exact) mass is 783 g/mol. The van der Waals surface area contributed by atoms with Gasteiger partial charge < -0.3 is 19.1 Å². The zero-order valence-electron chi connectivity index (χ0n) is 33.0. The van der Waals surface area contributed by atoms with Crippen LogP contribution in [0, 0.1) is 11.8 Å². The van der Waals surface area contributed by atoms with Crippen molar-refractivity contribution in [2.45, 2.75) is 63.1 Å². The minimum absolute atomic E-state index is 0.125. The van der Waals surface area contributed by atoms with E-state index < -0.39 is 0 Å². The second-order valence-corrected chi connectivity index (χ2v) is 18.3. The van der Waals surface area contributed by atoms with E-state index in [2.05, 4.69) is 172 Å². The van der Waals surface area contributed by atoms with Gasteiger partial charge in [-0.05, 0) is 117 Å². The van der Waals surface area contributed by atoms with Crippen molar-refractivity contribution in [3.63, 3.8) is 0 Å². The summed E-state index contributed by atoms with van der Waals surface area (Å²) < 4.78 is 12.1. The van der Waals surface area contributed by atoms with E-state index in [1.54, 1.807) is 0 Å². The summed E-state index contributed by atoms with van der Waals surface area (Å²) in [5.74, 6) is 2.04. The number of nitrogens with zero attached hydrogens (tertiary/aromatic N) is 3. The van der Waals surface area contributed by atoms with Gasteiger partial charge in [-0.3, -0.25) is 0 Å². The van der Waals surface area contributed by atoms with Crippen LogP contribution in [0.3, 0.4) is 0 Å². The molecule has 0 saturated carbocycles. The van der Waals surface area contributed by atoms with Crippen molar-refractivity contribution in [3.05, 3.63) is 186 Å². The number of allylic oxidation sites excluding steroid dienone is 8. The molecule has 0 amide bonds. The third kappa shape index (κ3) is 5.13. The molecule has 0 radical (unpaired) electrons. The summed E-state index contributed by atoms with van der Waals surface area (Å²) in [6, 6.07) is 34.5. The van der Waals surface area contributed by atoms with Crippen LogP contribution in [0.1, 0.15) is 49.8 Å². The third-order valence-corrected chi connectivity index (χ3v) is 15.2. The fraction of sp³-hybridized carbons (Fsp3) is 0.222. The highest BCUT2D eigenvalue weighted by Crippen LogP contribution is 2.53. The highest BCUT2D eigenvalue weighted by Gasteiger charge is 2.50. The van der Waals surface area contributed by atoms with Gasteiger partial charge >= 0.3 is 0 Å². The Bertz CT molecular complexity index is 3000. The van der Waals surface area contributed by atoms with Gasteiger partial charge in [0.15, 0.2) is 0 Å². The SMILES string of the molecule is C1=CC2=C(CC1)OC1C3=C(C=CC21)N(c1ccc2c(c1)c1c(n2C2=CCC(N(c4ccccc4)c4ccc5sc6ccccc6c5c4)C=C2)C=CCC1)C1C=CCCC31. The minimum Gasteiger partial charge on any atom is -0.489 e. The Kier molecular flexibility index (Phi) is 7.60. The van der Waals surface area contributed by atoms with Crippen molar-refractivity contribution in [1.82, 2.24) is 4.57 Å². The molecule has 4 nitrogen and oxygen atoms in total. The van der Waals surface area contributed by atoms with E-state index in [0.717, 1.165) is 38.5 Å². The molecule has 0 spiro atoms. The van der Waals surface area contributed by atoms with Gasteiger partial charge in [-0.2, -0.15) is 0 Å². The van der Waals surface area contributed by atoms with Crippen LogP contribution in [0.4, 0.5) is 17.1 Å². The number of para-hydroxylation sites is 1. The van der Waals surface area contributed by atoms with Gasteiger partial charge in [0, 0.05) is 89.1 Å². The lowest BCUT2D eigenvalue weighted by molar-refractivity contribution is 0.137. The van der Waals surface area contributed by atoms with Crippen LogP contribution in [0.5, 0.6) is 0 Å². The van der Waals surface area contributed by atoms with Crippen LogP contribution < -0.4 is 9.80 Å². The molecule has 13 rings (SSSR count). The highest BCUT2D eigenvalue weighted by molar-refractivity contribution is 7.25. The molecule has 288 valence electrons. The molecule has 5 atom stereocenters. The summed E-state index contributed by atoms with van der Waals surface area (Å²) in [4.78, 5) is 5.18. The first-order valence-corrected chi connectivity index (χ1v) is 22.5. The van der Waals surface area contributed by atoms with Crippen LogP contribution in [-0.4, -0.2) is 22.8 Å². The van der Waals surface area contributed by atoms with E-state index in [-0.39, 0.29) is 12.1 Å². The number of anilines is 3. The number of fused-ring (bicyclic) bond motifs is 11. The molecule has 59 heavy (non-hydrogen) atoms. The van der Waals surface area contributed by atoms with Crippen LogP contribution in [-0.2, 0) is 11.2 Å². The van der Waals surface area contributed by atoms with E-state index in [1.165, 1.54) is 94.1 Å². The Hall–Kier alpha value is -6.04. The maximum absolute atomic E-state index is 6.88. The summed E-state index contributed by atoms with van der Waals surface area (Å²) in [5.41, 5.74) is 13.4. The topological polar surface area (TPSA) is 20.6 Å². The first-order valence-electron chi connectivity index (χ1n) is 21.7. The number of benzene rings is 4. The number of aromatic nitrogens is 1. The maximum Gasteiger partial charge on any atom is 0.132 e. The lowest BCUT2D eigenvalue weighted by Gasteiger charge is -2.33. The summed E-state index contributed by atoms with van der Waals surface area (Å²) in [5, 5.41) is 4.04. The van der Waals surface area contributed by atoms with Gasteiger partial charge in [-0.25, -0.2) is 0 Å². The number of rotatable bonds is 5. The molecule has 0 fully saturated rings. The Labute approximate surface area is 349 Å². The maximum atomic E-state index is 6.88. The minimum atomic E-state index is 0.125. The molecule has 4 heterocycles. The number of thiophene rings is 1. The molecule has 4 aromatic carbocycles. The lowest BCUT2D eigenvalue weighted by Crippen LogP contribution is -2.34. The van der Waals surface area contributed by atoms with Crippen molar-refractivity contribution in [1.29, 1.82) is 0 Å². The van der Waals surface area contributed by atoms with Crippen LogP contribution in [0.2, 0.25) is 0 Å². The van der Waals surface area contributed by atoms with Gasteiger partial charge in [-0.15, -0.1) is 11.3 Å². The molecule has 0 N–H and O–H groups in total. The average Bonchev–Trinajstić information content (AvgIpc) is 4.04. The summed E-state index contributed by atoms with van der Waals surface area (Å²) in [6.07, 6.45) is 34.0. The summed E-state index contributed by atoms with van der Waals surface area (Å²) in [7, 11) is 0. The van der Waals surface area contributed by atoms with Crippen molar-refractivity contribution < 1.29 is 4.74 Å². The number of ether oxygens (including phenoxy) is 1. The van der Waals surface area contributed by atoms with E-state index in [4.69, 9.17) is 4.74 Å². The molecular formula is C54H45N3OS. The Morgan fingerprint density at radius 2 is 1.58 bits per heavy atom. The van der Waals surface area contributed by atoms with Crippen molar-refractivity contribution in [2.75, 3.05) is 9.80 Å². The van der Waals surface area contributed by atoms with Crippen LogP contribution >= 0.6 is 11.3 Å². The normalized spacial score (nSPS) is 25.1. The fourth-order valence-electron chi connectivity index (χ4n) is 11.5. The molecule has 5 aliphatic carbocycles. The first-order chi connectivity index (χ1) is 29.3. The molecule has 7 aliphatic rings. The van der Waals surface area contributed by atoms with Crippen LogP contribution in [0.25, 0.3) is 42.8 Å². The summed E-state index contributed by atoms with van der Waals surface area (Å²) in [6.45, 7) is 0. The van der Waals surface area contributed by atoms with Crippen molar-refractivity contribution in [2.24, 2.45) is 11.8 Å². The van der Waals surface area contributed by atoms with Crippen molar-refractivity contribution >= 4 is 71.2 Å². The number of hydrogen-bond acceptors (Lipinski definition) is 4. The van der Waals surface area contributed by atoms with Gasteiger partial charge in [0.05, 0.1) is 17.6 Å². The quantitative estimate of drug-likeness (QED) is 0.162. The molecule has 0 bridgehead atoms. The average molecular weight is 784 g/mol. The smallest absolute Gasteiger partial charge is 0.132 e. The number of hydrogen-bond donors (Lipinski definition) is 0. The largest absolute Gasteiger partial charge is 0.489 e.